The van der Waals surface area contributed by atoms with E-state index in [1.807, 2.05) is 0 Å². The van der Waals surface area contributed by atoms with Gasteiger partial charge in [-0.25, -0.2) is 0 Å². The van der Waals surface area contributed by atoms with Crippen LogP contribution in [-0.2, 0) is 37.9 Å². The van der Waals surface area contributed by atoms with Crippen molar-refractivity contribution >= 4 is 0 Å². The van der Waals surface area contributed by atoms with E-state index < -0.39 is 111 Å². The van der Waals surface area contributed by atoms with Crippen molar-refractivity contribution in [1.29, 1.82) is 0 Å². The minimum atomic E-state index is -1.73. The largest absolute Gasteiger partial charge is 0.388 e. The molecule has 0 unspecified atom stereocenters. The molecule has 39 heavy (non-hydrogen) atoms. The van der Waals surface area contributed by atoms with Gasteiger partial charge in [-0.1, -0.05) is 0 Å². The molecule has 0 aromatic carbocycles. The maximum atomic E-state index is 10.8. The second-order valence-corrected chi connectivity index (χ2v) is 10.00. The number of aliphatic hydroxyl groups is 9. The highest BCUT2D eigenvalue weighted by molar-refractivity contribution is 4.94. The third kappa shape index (κ3) is 6.55. The Morgan fingerprint density at radius 1 is 0.487 bits per heavy atom. The molecule has 228 valence electrons. The van der Waals surface area contributed by atoms with E-state index in [1.165, 1.54) is 14.0 Å². The lowest BCUT2D eigenvalue weighted by atomic mass is 9.98. The third-order valence-corrected chi connectivity index (χ3v) is 7.19. The minimum absolute atomic E-state index is 0.208. The van der Waals surface area contributed by atoms with Crippen molar-refractivity contribution in [3.05, 3.63) is 0 Å². The molecule has 4 rings (SSSR count). The first-order valence-electron chi connectivity index (χ1n) is 12.6. The van der Waals surface area contributed by atoms with Gasteiger partial charge in [-0.05, 0) is 6.92 Å². The van der Waals surface area contributed by atoms with E-state index in [-0.39, 0.29) is 13.2 Å². The first kappa shape index (κ1) is 31.3. The van der Waals surface area contributed by atoms with Crippen LogP contribution in [0.3, 0.4) is 0 Å². The van der Waals surface area contributed by atoms with Crippen LogP contribution in [0, 0.1) is 0 Å². The molecular formula is C22H38O17. The number of hydrogen-bond acceptors (Lipinski definition) is 17. The summed E-state index contributed by atoms with van der Waals surface area (Å²) in [6, 6.07) is 0. The Morgan fingerprint density at radius 2 is 0.974 bits per heavy atom. The number of ether oxygens (including phenoxy) is 8. The van der Waals surface area contributed by atoms with Crippen molar-refractivity contribution < 1.29 is 83.9 Å². The van der Waals surface area contributed by atoms with E-state index in [0.717, 1.165) is 0 Å². The molecule has 0 aromatic rings. The van der Waals surface area contributed by atoms with Crippen molar-refractivity contribution in [2.75, 3.05) is 26.9 Å². The van der Waals surface area contributed by atoms with Crippen LogP contribution in [0.5, 0.6) is 0 Å². The molecule has 0 aromatic heterocycles. The van der Waals surface area contributed by atoms with Crippen LogP contribution in [0.15, 0.2) is 0 Å². The second-order valence-electron chi connectivity index (χ2n) is 10.00. The molecule has 4 saturated heterocycles. The topological polar surface area (TPSA) is 256 Å². The Morgan fingerprint density at radius 3 is 1.62 bits per heavy atom. The lowest BCUT2D eigenvalue weighted by molar-refractivity contribution is -0.375. The Bertz CT molecular complexity index is 775. The van der Waals surface area contributed by atoms with Gasteiger partial charge >= 0.3 is 0 Å². The summed E-state index contributed by atoms with van der Waals surface area (Å²) in [5.74, 6) is 0. The van der Waals surface area contributed by atoms with E-state index in [0.29, 0.717) is 0 Å². The fourth-order valence-corrected chi connectivity index (χ4v) is 4.84. The molecule has 17 atom stereocenters. The van der Waals surface area contributed by atoms with Crippen molar-refractivity contribution in [2.45, 2.75) is 111 Å². The molecule has 4 fully saturated rings. The molecular weight excluding hydrogens is 536 g/mol. The van der Waals surface area contributed by atoms with Crippen LogP contribution in [0.4, 0.5) is 0 Å². The summed E-state index contributed by atoms with van der Waals surface area (Å²) in [7, 11) is 1.29. The average Bonchev–Trinajstić information content (AvgIpc) is 2.91. The Labute approximate surface area is 222 Å². The maximum Gasteiger partial charge on any atom is 0.187 e. The number of aliphatic hydroxyl groups excluding tert-OH is 9. The van der Waals surface area contributed by atoms with E-state index in [1.54, 1.807) is 0 Å². The minimum Gasteiger partial charge on any atom is -0.388 e. The quantitative estimate of drug-likeness (QED) is 0.137. The summed E-state index contributed by atoms with van der Waals surface area (Å²) in [6.45, 7) is 0.507. The maximum absolute atomic E-state index is 10.8. The molecule has 4 aliphatic rings. The lowest BCUT2D eigenvalue weighted by Crippen LogP contribution is -2.64. The van der Waals surface area contributed by atoms with Crippen LogP contribution >= 0.6 is 0 Å². The summed E-state index contributed by atoms with van der Waals surface area (Å²) in [5.41, 5.74) is 0. The van der Waals surface area contributed by atoms with Gasteiger partial charge in [0.1, 0.15) is 73.2 Å². The van der Waals surface area contributed by atoms with E-state index in [4.69, 9.17) is 37.9 Å². The van der Waals surface area contributed by atoms with Gasteiger partial charge < -0.3 is 83.9 Å². The molecule has 0 bridgehead atoms. The molecule has 0 radical (unpaired) electrons. The van der Waals surface area contributed by atoms with Crippen LogP contribution in [0.25, 0.3) is 0 Å². The van der Waals surface area contributed by atoms with Crippen LogP contribution < -0.4 is 0 Å². The zero-order valence-corrected chi connectivity index (χ0v) is 21.2. The van der Waals surface area contributed by atoms with Crippen LogP contribution in [0.2, 0.25) is 0 Å². The molecule has 0 amide bonds. The van der Waals surface area contributed by atoms with E-state index in [9.17, 15) is 46.0 Å². The Balaban J connectivity index is 1.38. The smallest absolute Gasteiger partial charge is 0.187 e. The fraction of sp³-hybridized carbons (Fsp3) is 1.00. The van der Waals surface area contributed by atoms with Gasteiger partial charge in [0.05, 0.1) is 25.9 Å². The SMILES string of the molecule is CO[C@H]1OC[C@H](O)[C@H](O)[C@H]1O[C@@H]1O[C@@H](C)[C@H](O[C@@H]2OC[C@@H](O)[C@H](O[C@@H]3OC[C@@H](O)[C@H](O)[C@H]3O)[C@H]2O)[C@@H](O)[C@H]1O. The molecule has 4 aliphatic heterocycles. The van der Waals surface area contributed by atoms with Gasteiger partial charge in [0.15, 0.2) is 25.2 Å². The first-order valence-corrected chi connectivity index (χ1v) is 12.6. The second kappa shape index (κ2) is 13.1. The van der Waals surface area contributed by atoms with Gasteiger partial charge in [-0.3, -0.25) is 0 Å². The molecule has 9 N–H and O–H groups in total. The highest BCUT2D eigenvalue weighted by atomic mass is 16.8. The van der Waals surface area contributed by atoms with Gasteiger partial charge in [0.25, 0.3) is 0 Å². The van der Waals surface area contributed by atoms with Crippen molar-refractivity contribution in [2.24, 2.45) is 0 Å². The zero-order chi connectivity index (χ0) is 28.6. The molecule has 17 heteroatoms. The fourth-order valence-electron chi connectivity index (χ4n) is 4.84. The van der Waals surface area contributed by atoms with Crippen LogP contribution in [-0.4, -0.2) is 177 Å². The molecule has 0 saturated carbocycles. The Kier molecular flexibility index (Phi) is 10.5. The number of methoxy groups -OCH3 is 1. The molecule has 4 heterocycles. The standard InChI is InChI=1S/C22H38O17/c1-6-16(12(28)14(30)21(36-6)39-18-11(27)8(24)4-35-22(18)32-2)37-20-15(31)17(9(25)5-34-20)38-19-13(29)10(26)7(23)3-33-19/h6-31H,3-5H2,1-2H3/t6-,7+,8-,9+,10-,11-,12-,13+,14+,15+,16-,17-,18+,19-,20-,21-,22-/m0/s1. The highest BCUT2D eigenvalue weighted by Crippen LogP contribution is 2.31. The van der Waals surface area contributed by atoms with Gasteiger partial charge in [-0.2, -0.15) is 0 Å². The van der Waals surface area contributed by atoms with Gasteiger partial charge in [-0.15, -0.1) is 0 Å². The van der Waals surface area contributed by atoms with Gasteiger partial charge in [0.2, 0.25) is 0 Å². The molecule has 0 aliphatic carbocycles. The predicted molar refractivity (Wildman–Crippen MR) is 119 cm³/mol. The van der Waals surface area contributed by atoms with Crippen molar-refractivity contribution in [3.63, 3.8) is 0 Å². The summed E-state index contributed by atoms with van der Waals surface area (Å²) >= 11 is 0. The predicted octanol–water partition coefficient (Wildman–Crippen LogP) is -6.15. The third-order valence-electron chi connectivity index (χ3n) is 7.19. The zero-order valence-electron chi connectivity index (χ0n) is 21.2. The van der Waals surface area contributed by atoms with E-state index in [2.05, 4.69) is 0 Å². The summed E-state index contributed by atoms with van der Waals surface area (Å²) in [6.07, 6.45) is -24.4. The van der Waals surface area contributed by atoms with E-state index >= 15 is 0 Å². The van der Waals surface area contributed by atoms with Crippen molar-refractivity contribution in [3.8, 4) is 0 Å². The lowest BCUT2D eigenvalue weighted by Gasteiger charge is -2.47. The van der Waals surface area contributed by atoms with Crippen molar-refractivity contribution in [1.82, 2.24) is 0 Å². The number of hydrogen-bond donors (Lipinski definition) is 9. The monoisotopic (exact) mass is 574 g/mol. The first-order chi connectivity index (χ1) is 18.4. The average molecular weight is 575 g/mol. The molecule has 0 spiro atoms. The molecule has 17 nitrogen and oxygen atoms in total. The highest BCUT2D eigenvalue weighted by Gasteiger charge is 2.52. The summed E-state index contributed by atoms with van der Waals surface area (Å²) in [5, 5.41) is 92.4. The normalized spacial score (nSPS) is 53.5. The van der Waals surface area contributed by atoms with Crippen LogP contribution in [0.1, 0.15) is 6.92 Å². The number of rotatable bonds is 7. The summed E-state index contributed by atoms with van der Waals surface area (Å²) in [4.78, 5) is 0. The van der Waals surface area contributed by atoms with Gasteiger partial charge in [0, 0.05) is 7.11 Å². The Hall–Kier alpha value is -0.680. The summed E-state index contributed by atoms with van der Waals surface area (Å²) < 4.78 is 43.4.